The minimum atomic E-state index is -4.57. The van der Waals surface area contributed by atoms with Crippen molar-refractivity contribution < 1.29 is 27.9 Å². The molecule has 1 aromatic rings. The van der Waals surface area contributed by atoms with Crippen LogP contribution in [0.5, 0.6) is 0 Å². The van der Waals surface area contributed by atoms with Crippen molar-refractivity contribution in [3.63, 3.8) is 0 Å². The molecule has 5 nitrogen and oxygen atoms in total. The van der Waals surface area contributed by atoms with Crippen molar-refractivity contribution in [2.24, 2.45) is 0 Å². The average Bonchev–Trinajstić information content (AvgIpc) is 2.86. The lowest BCUT2D eigenvalue weighted by atomic mass is 10.2. The van der Waals surface area contributed by atoms with E-state index in [0.29, 0.717) is 6.07 Å². The molecule has 2 rings (SSSR count). The summed E-state index contributed by atoms with van der Waals surface area (Å²) in [4.78, 5) is 27.3. The molecule has 1 aliphatic rings. The zero-order chi connectivity index (χ0) is 14.9. The Morgan fingerprint density at radius 1 is 1.40 bits per heavy atom. The van der Waals surface area contributed by atoms with E-state index in [9.17, 15) is 22.8 Å². The summed E-state index contributed by atoms with van der Waals surface area (Å²) in [6.07, 6.45) is -3.76. The highest BCUT2D eigenvalue weighted by Crippen LogP contribution is 2.28. The van der Waals surface area contributed by atoms with E-state index >= 15 is 0 Å². The first kappa shape index (κ1) is 14.6. The molecule has 0 unspecified atom stereocenters. The number of aromatic nitrogens is 1. The normalized spacial score (nSPS) is 19.1. The zero-order valence-corrected chi connectivity index (χ0v) is 10.7. The molecule has 1 fully saturated rings. The van der Waals surface area contributed by atoms with Crippen LogP contribution in [-0.2, 0) is 11.0 Å². The van der Waals surface area contributed by atoms with Gasteiger partial charge in [-0.25, -0.2) is 4.79 Å². The van der Waals surface area contributed by atoms with Gasteiger partial charge in [-0.1, -0.05) is 0 Å². The fraction of sp³-hybridized carbons (Fsp3) is 0.364. The number of hydrogen-bond donors (Lipinski definition) is 1. The number of alkyl halides is 3. The molecule has 20 heavy (non-hydrogen) atoms. The molecule has 1 amide bonds. The molecule has 0 aromatic carbocycles. The summed E-state index contributed by atoms with van der Waals surface area (Å²) in [5.74, 6) is -1.32. The minimum Gasteiger partial charge on any atom is -0.480 e. The van der Waals surface area contributed by atoms with Gasteiger partial charge in [0.25, 0.3) is 5.91 Å². The Labute approximate surface area is 115 Å². The monoisotopic (exact) mass is 306 g/mol. The smallest absolute Gasteiger partial charge is 0.433 e. The molecule has 0 bridgehead atoms. The van der Waals surface area contributed by atoms with E-state index in [4.69, 9.17) is 5.11 Å². The maximum absolute atomic E-state index is 12.4. The summed E-state index contributed by atoms with van der Waals surface area (Å²) < 4.78 is 37.1. The number of thioether (sulfide) groups is 1. The van der Waals surface area contributed by atoms with Crippen LogP contribution in [0.25, 0.3) is 0 Å². The lowest BCUT2D eigenvalue weighted by Gasteiger charge is -2.20. The van der Waals surface area contributed by atoms with Gasteiger partial charge in [-0.3, -0.25) is 9.78 Å². The Balaban J connectivity index is 2.19. The number of carbonyl (C=O) groups is 2. The van der Waals surface area contributed by atoms with Gasteiger partial charge in [0.05, 0.1) is 11.4 Å². The standard InChI is InChI=1S/C11H9F3N2O3S/c12-11(13,14)8-2-1-6(3-15-8)9(17)16-5-20-4-7(16)10(18)19/h1-3,7H,4-5H2,(H,18,19)/t7-/m0/s1. The van der Waals surface area contributed by atoms with Gasteiger partial charge < -0.3 is 10.0 Å². The van der Waals surface area contributed by atoms with Gasteiger partial charge in [-0.2, -0.15) is 13.2 Å². The van der Waals surface area contributed by atoms with Crippen LogP contribution >= 0.6 is 11.8 Å². The number of pyridine rings is 1. The van der Waals surface area contributed by atoms with Crippen LogP contribution in [0.3, 0.4) is 0 Å². The predicted octanol–water partition coefficient (Wildman–Crippen LogP) is 1.70. The van der Waals surface area contributed by atoms with Crippen LogP contribution < -0.4 is 0 Å². The molecule has 0 saturated carbocycles. The van der Waals surface area contributed by atoms with Crippen molar-refractivity contribution in [3.05, 3.63) is 29.6 Å². The largest absolute Gasteiger partial charge is 0.480 e. The molecule has 0 aliphatic carbocycles. The molecule has 0 spiro atoms. The Morgan fingerprint density at radius 2 is 2.10 bits per heavy atom. The number of aliphatic carboxylic acids is 1. The Bertz CT molecular complexity index is 533. The molecule has 2 heterocycles. The maximum Gasteiger partial charge on any atom is 0.433 e. The van der Waals surface area contributed by atoms with Crippen LogP contribution in [0.4, 0.5) is 13.2 Å². The summed E-state index contributed by atoms with van der Waals surface area (Å²) in [6.45, 7) is 0. The quantitative estimate of drug-likeness (QED) is 0.900. The van der Waals surface area contributed by atoms with Gasteiger partial charge in [0, 0.05) is 11.9 Å². The second-order valence-corrected chi connectivity index (χ2v) is 5.06. The fourth-order valence-electron chi connectivity index (χ4n) is 1.70. The van der Waals surface area contributed by atoms with Gasteiger partial charge in [-0.05, 0) is 12.1 Å². The SMILES string of the molecule is O=C(O)[C@@H]1CSCN1C(=O)c1ccc(C(F)(F)F)nc1. The van der Waals surface area contributed by atoms with Gasteiger partial charge in [-0.15, -0.1) is 11.8 Å². The maximum atomic E-state index is 12.4. The topological polar surface area (TPSA) is 70.5 Å². The van der Waals surface area contributed by atoms with E-state index in [1.165, 1.54) is 11.8 Å². The van der Waals surface area contributed by atoms with E-state index in [1.54, 1.807) is 0 Å². The number of carboxylic acid groups (broad SMARTS) is 1. The average molecular weight is 306 g/mol. The summed E-state index contributed by atoms with van der Waals surface area (Å²) in [5.41, 5.74) is -1.16. The summed E-state index contributed by atoms with van der Waals surface area (Å²) >= 11 is 1.27. The number of amides is 1. The molecular formula is C11H9F3N2O3S. The molecule has 1 atom stereocenters. The fourth-order valence-corrected chi connectivity index (χ4v) is 2.85. The number of carboxylic acids is 1. The molecule has 1 saturated heterocycles. The summed E-state index contributed by atoms with van der Waals surface area (Å²) in [5, 5.41) is 8.96. The van der Waals surface area contributed by atoms with Crippen molar-refractivity contribution in [1.82, 2.24) is 9.88 Å². The van der Waals surface area contributed by atoms with E-state index in [1.807, 2.05) is 0 Å². The molecule has 9 heteroatoms. The zero-order valence-electron chi connectivity index (χ0n) is 9.92. The van der Waals surface area contributed by atoms with Crippen molar-refractivity contribution in [3.8, 4) is 0 Å². The lowest BCUT2D eigenvalue weighted by Crippen LogP contribution is -2.41. The van der Waals surface area contributed by atoms with Gasteiger partial charge in [0.15, 0.2) is 0 Å². The van der Waals surface area contributed by atoms with Crippen molar-refractivity contribution in [2.75, 3.05) is 11.6 Å². The van der Waals surface area contributed by atoms with E-state index < -0.39 is 29.8 Å². The Kier molecular flexibility index (Phi) is 3.89. The van der Waals surface area contributed by atoms with Crippen LogP contribution in [-0.4, -0.2) is 44.5 Å². The van der Waals surface area contributed by atoms with Crippen LogP contribution in [0.1, 0.15) is 16.1 Å². The number of carbonyl (C=O) groups excluding carboxylic acids is 1. The number of hydrogen-bond acceptors (Lipinski definition) is 4. The predicted molar refractivity (Wildman–Crippen MR) is 64.2 cm³/mol. The third-order valence-electron chi connectivity index (χ3n) is 2.73. The second kappa shape index (κ2) is 5.31. The highest BCUT2D eigenvalue weighted by molar-refractivity contribution is 7.99. The summed E-state index contributed by atoms with van der Waals surface area (Å²) in [6, 6.07) is 0.738. The third kappa shape index (κ3) is 2.87. The lowest BCUT2D eigenvalue weighted by molar-refractivity contribution is -0.141. The van der Waals surface area contributed by atoms with Crippen molar-refractivity contribution >= 4 is 23.6 Å². The third-order valence-corrected chi connectivity index (χ3v) is 3.74. The Morgan fingerprint density at radius 3 is 2.60 bits per heavy atom. The van der Waals surface area contributed by atoms with E-state index in [0.717, 1.165) is 17.2 Å². The number of nitrogens with zero attached hydrogens (tertiary/aromatic N) is 2. The number of rotatable bonds is 2. The van der Waals surface area contributed by atoms with Gasteiger partial charge >= 0.3 is 12.1 Å². The van der Waals surface area contributed by atoms with Crippen molar-refractivity contribution in [2.45, 2.75) is 12.2 Å². The first-order chi connectivity index (χ1) is 9.30. The minimum absolute atomic E-state index is 0.0632. The van der Waals surface area contributed by atoms with Gasteiger partial charge in [0.2, 0.25) is 0 Å². The van der Waals surface area contributed by atoms with Crippen molar-refractivity contribution in [1.29, 1.82) is 0 Å². The molecule has 108 valence electrons. The van der Waals surface area contributed by atoms with E-state index in [2.05, 4.69) is 4.98 Å². The molecule has 1 N–H and O–H groups in total. The molecule has 1 aliphatic heterocycles. The number of halogens is 3. The van der Waals surface area contributed by atoms with Crippen LogP contribution in [0.15, 0.2) is 18.3 Å². The van der Waals surface area contributed by atoms with Crippen LogP contribution in [0.2, 0.25) is 0 Å². The molecule has 1 aromatic heterocycles. The highest BCUT2D eigenvalue weighted by Gasteiger charge is 2.36. The van der Waals surface area contributed by atoms with Gasteiger partial charge in [0.1, 0.15) is 11.7 Å². The first-order valence-corrected chi connectivity index (χ1v) is 6.61. The first-order valence-electron chi connectivity index (χ1n) is 5.45. The Hall–Kier alpha value is -1.77. The van der Waals surface area contributed by atoms with Crippen LogP contribution in [0, 0.1) is 0 Å². The molecule has 0 radical (unpaired) electrons. The van der Waals surface area contributed by atoms with E-state index in [-0.39, 0.29) is 17.2 Å². The highest BCUT2D eigenvalue weighted by atomic mass is 32.2. The molecular weight excluding hydrogens is 297 g/mol. The second-order valence-electron chi connectivity index (χ2n) is 4.06. The summed E-state index contributed by atoms with van der Waals surface area (Å²) in [7, 11) is 0.